The van der Waals surface area contributed by atoms with Crippen molar-refractivity contribution in [1.82, 2.24) is 9.29 Å². The summed E-state index contributed by atoms with van der Waals surface area (Å²) in [5.41, 5.74) is 11.1. The Morgan fingerprint density at radius 1 is 1.45 bits per heavy atom. The molecule has 1 atom stereocenters. The van der Waals surface area contributed by atoms with Gasteiger partial charge in [-0.15, -0.1) is 12.4 Å². The third-order valence-electron chi connectivity index (χ3n) is 4.07. The Kier molecular flexibility index (Phi) is 6.42. The van der Waals surface area contributed by atoms with E-state index in [1.165, 1.54) is 16.8 Å². The topological polar surface area (TPSA) is 120 Å². The van der Waals surface area contributed by atoms with E-state index < -0.39 is 15.9 Å². The van der Waals surface area contributed by atoms with E-state index in [0.29, 0.717) is 0 Å². The van der Waals surface area contributed by atoms with Gasteiger partial charge >= 0.3 is 0 Å². The number of nitrogens with zero attached hydrogens (tertiary/aromatic N) is 1. The van der Waals surface area contributed by atoms with Crippen molar-refractivity contribution in [2.24, 2.45) is 24.4 Å². The fraction of sp³-hybridized carbons (Fsp3) is 0.615. The second kappa shape index (κ2) is 7.45. The Morgan fingerprint density at radius 3 is 2.50 bits per heavy atom. The van der Waals surface area contributed by atoms with Crippen molar-refractivity contribution >= 4 is 28.3 Å². The first-order valence-electron chi connectivity index (χ1n) is 7.03. The molecule has 1 saturated carbocycles. The van der Waals surface area contributed by atoms with E-state index in [-0.39, 0.29) is 41.5 Å². The molecule has 1 aliphatic carbocycles. The van der Waals surface area contributed by atoms with Gasteiger partial charge in [-0.25, -0.2) is 13.1 Å². The lowest BCUT2D eigenvalue weighted by Gasteiger charge is -2.22. The van der Waals surface area contributed by atoms with Gasteiger partial charge in [-0.3, -0.25) is 4.79 Å². The van der Waals surface area contributed by atoms with Crippen LogP contribution in [0.15, 0.2) is 17.2 Å². The summed E-state index contributed by atoms with van der Waals surface area (Å²) in [6.45, 7) is 0.263. The highest BCUT2D eigenvalue weighted by Crippen LogP contribution is 2.28. The summed E-state index contributed by atoms with van der Waals surface area (Å²) < 4.78 is 28.9. The van der Waals surface area contributed by atoms with Crippen molar-refractivity contribution < 1.29 is 13.2 Å². The van der Waals surface area contributed by atoms with Gasteiger partial charge in [-0.05, 0) is 24.8 Å². The van der Waals surface area contributed by atoms with Gasteiger partial charge in [-0.1, -0.05) is 12.8 Å². The molecule has 0 saturated heterocycles. The van der Waals surface area contributed by atoms with Crippen molar-refractivity contribution in [3.8, 4) is 0 Å². The van der Waals surface area contributed by atoms with Gasteiger partial charge in [0.2, 0.25) is 10.0 Å². The zero-order valence-electron chi connectivity index (χ0n) is 12.5. The van der Waals surface area contributed by atoms with Gasteiger partial charge in [0.1, 0.15) is 10.6 Å². The molecule has 1 aromatic heterocycles. The quantitative estimate of drug-likeness (QED) is 0.685. The number of amides is 1. The van der Waals surface area contributed by atoms with E-state index in [4.69, 9.17) is 11.5 Å². The third-order valence-corrected chi connectivity index (χ3v) is 5.53. The van der Waals surface area contributed by atoms with Crippen molar-refractivity contribution in [1.29, 1.82) is 0 Å². The highest BCUT2D eigenvalue weighted by molar-refractivity contribution is 7.89. The van der Waals surface area contributed by atoms with Crippen molar-refractivity contribution in [3.05, 3.63) is 18.0 Å². The molecule has 0 aliphatic heterocycles. The van der Waals surface area contributed by atoms with Crippen LogP contribution in [-0.4, -0.2) is 31.5 Å². The molecule has 9 heteroatoms. The monoisotopic (exact) mass is 350 g/mol. The maximum atomic E-state index is 12.4. The fourth-order valence-corrected chi connectivity index (χ4v) is 4.28. The van der Waals surface area contributed by atoms with Crippen LogP contribution in [-0.2, 0) is 17.1 Å². The molecule has 1 amide bonds. The Morgan fingerprint density at radius 2 is 2.05 bits per heavy atom. The second-order valence-electron chi connectivity index (χ2n) is 5.54. The number of nitrogens with two attached hydrogens (primary N) is 2. The summed E-state index contributed by atoms with van der Waals surface area (Å²) in [4.78, 5) is 11.3. The molecule has 22 heavy (non-hydrogen) atoms. The number of aromatic nitrogens is 1. The van der Waals surface area contributed by atoms with Crippen LogP contribution in [0.3, 0.4) is 0 Å². The van der Waals surface area contributed by atoms with Crippen LogP contribution in [0.25, 0.3) is 0 Å². The molecule has 1 aliphatic rings. The van der Waals surface area contributed by atoms with Crippen LogP contribution in [0.5, 0.6) is 0 Å². The molecule has 0 spiro atoms. The predicted molar refractivity (Wildman–Crippen MR) is 86.3 cm³/mol. The first-order chi connectivity index (χ1) is 9.85. The smallest absolute Gasteiger partial charge is 0.265 e. The highest BCUT2D eigenvalue weighted by Gasteiger charge is 2.29. The number of rotatable bonds is 6. The summed E-state index contributed by atoms with van der Waals surface area (Å²) in [7, 11) is -2.12. The molecule has 1 fully saturated rings. The number of sulfonamides is 1. The molecule has 7 nitrogen and oxygen atoms in total. The number of hydrogen-bond donors (Lipinski definition) is 3. The van der Waals surface area contributed by atoms with Gasteiger partial charge in [0.15, 0.2) is 0 Å². The number of carbonyl (C=O) groups is 1. The van der Waals surface area contributed by atoms with E-state index in [1.54, 1.807) is 7.05 Å². The first kappa shape index (κ1) is 19.0. The van der Waals surface area contributed by atoms with Crippen molar-refractivity contribution in [3.63, 3.8) is 0 Å². The predicted octanol–water partition coefficient (Wildman–Crippen LogP) is 0.342. The highest BCUT2D eigenvalue weighted by atomic mass is 35.5. The van der Waals surface area contributed by atoms with Gasteiger partial charge in [0.05, 0.1) is 0 Å². The molecule has 0 aromatic carbocycles. The average Bonchev–Trinajstić information content (AvgIpc) is 3.05. The van der Waals surface area contributed by atoms with Crippen LogP contribution >= 0.6 is 12.4 Å². The van der Waals surface area contributed by atoms with Crippen LogP contribution in [0, 0.1) is 5.92 Å². The maximum Gasteiger partial charge on any atom is 0.265 e. The molecule has 1 aromatic rings. The minimum Gasteiger partial charge on any atom is -0.364 e. The zero-order chi connectivity index (χ0) is 15.6. The summed E-state index contributed by atoms with van der Waals surface area (Å²) in [6.07, 6.45) is 5.59. The number of hydrogen-bond acceptors (Lipinski definition) is 4. The first-order valence-corrected chi connectivity index (χ1v) is 8.52. The van der Waals surface area contributed by atoms with E-state index in [1.807, 2.05) is 0 Å². The molecule has 1 unspecified atom stereocenters. The normalized spacial score (nSPS) is 17.2. The van der Waals surface area contributed by atoms with E-state index >= 15 is 0 Å². The molecule has 0 radical (unpaired) electrons. The molecular weight excluding hydrogens is 328 g/mol. The Bertz CT molecular complexity index is 623. The van der Waals surface area contributed by atoms with Gasteiger partial charge in [0.25, 0.3) is 5.91 Å². The third kappa shape index (κ3) is 4.01. The second-order valence-corrected chi connectivity index (χ2v) is 7.26. The Hall–Kier alpha value is -1.09. The summed E-state index contributed by atoms with van der Waals surface area (Å²) in [6, 6.07) is 1.02. The van der Waals surface area contributed by atoms with Crippen molar-refractivity contribution in [2.75, 3.05) is 6.54 Å². The fourth-order valence-electron chi connectivity index (χ4n) is 2.89. The minimum absolute atomic E-state index is 0. The van der Waals surface area contributed by atoms with Gasteiger partial charge in [0, 0.05) is 25.8 Å². The van der Waals surface area contributed by atoms with Gasteiger partial charge in [-0.2, -0.15) is 0 Å². The average molecular weight is 351 g/mol. The Balaban J connectivity index is 0.00000242. The molecule has 0 bridgehead atoms. The lowest BCUT2D eigenvalue weighted by atomic mass is 9.99. The Labute approximate surface area is 136 Å². The molecule has 5 N–H and O–H groups in total. The largest absolute Gasteiger partial charge is 0.364 e. The number of halogens is 1. The van der Waals surface area contributed by atoms with E-state index in [2.05, 4.69) is 4.72 Å². The summed E-state index contributed by atoms with van der Waals surface area (Å²) in [5, 5.41) is 0. The standard InChI is InChI=1S/C13H22N4O3S.ClH/c1-17-8-10(6-12(17)13(15)18)21(19,20)16-11(7-14)9-4-2-3-5-9;/h6,8-9,11,16H,2-5,7,14H2,1H3,(H2,15,18);1H. The minimum atomic E-state index is -3.70. The lowest BCUT2D eigenvalue weighted by molar-refractivity contribution is 0.0992. The van der Waals surface area contributed by atoms with E-state index in [0.717, 1.165) is 25.7 Å². The van der Waals surface area contributed by atoms with Crippen LogP contribution in [0.2, 0.25) is 0 Å². The van der Waals surface area contributed by atoms with Crippen molar-refractivity contribution in [2.45, 2.75) is 36.6 Å². The van der Waals surface area contributed by atoms with Crippen LogP contribution < -0.4 is 16.2 Å². The van der Waals surface area contributed by atoms with Crippen LogP contribution in [0.4, 0.5) is 0 Å². The summed E-state index contributed by atoms with van der Waals surface area (Å²) in [5.74, 6) is -0.380. The maximum absolute atomic E-state index is 12.4. The number of nitrogens with one attached hydrogen (secondary N) is 1. The number of primary amides is 1. The van der Waals surface area contributed by atoms with Crippen LogP contribution in [0.1, 0.15) is 36.2 Å². The molecule has 126 valence electrons. The molecular formula is C13H23ClN4O3S. The molecule has 1 heterocycles. The van der Waals surface area contributed by atoms with E-state index in [9.17, 15) is 13.2 Å². The lowest BCUT2D eigenvalue weighted by Crippen LogP contribution is -2.44. The summed E-state index contributed by atoms with van der Waals surface area (Å²) >= 11 is 0. The van der Waals surface area contributed by atoms with Gasteiger partial charge < -0.3 is 16.0 Å². The zero-order valence-corrected chi connectivity index (χ0v) is 14.1. The number of carbonyl (C=O) groups excluding carboxylic acids is 1. The number of aryl methyl sites for hydroxylation is 1. The SMILES string of the molecule is Cl.Cn1cc(S(=O)(=O)NC(CN)C2CCCC2)cc1C(N)=O. The molecule has 2 rings (SSSR count).